The first-order valence-corrected chi connectivity index (χ1v) is 7.10. The zero-order chi connectivity index (χ0) is 13.8. The molecule has 102 valence electrons. The summed E-state index contributed by atoms with van der Waals surface area (Å²) in [5.41, 5.74) is 1.61. The van der Waals surface area contributed by atoms with Gasteiger partial charge >= 0.3 is 0 Å². The molecule has 1 aromatic carbocycles. The van der Waals surface area contributed by atoms with E-state index >= 15 is 0 Å². The molecule has 1 N–H and O–H groups in total. The van der Waals surface area contributed by atoms with E-state index in [1.54, 1.807) is 12.3 Å². The van der Waals surface area contributed by atoms with E-state index < -0.39 is 0 Å². The lowest BCUT2D eigenvalue weighted by Gasteiger charge is -2.19. The summed E-state index contributed by atoms with van der Waals surface area (Å²) in [6.07, 6.45) is 2.75. The van der Waals surface area contributed by atoms with Crippen molar-refractivity contribution in [3.63, 3.8) is 0 Å². The standard InChI is InChI=1S/C14H17BrFN3/c1-3-8-19-13(6-7-18-19)14(17-2)11-5-4-10(15)9-12(11)16/h4-7,9,14,17H,3,8H2,1-2H3. The van der Waals surface area contributed by atoms with Crippen molar-refractivity contribution >= 4 is 15.9 Å². The summed E-state index contributed by atoms with van der Waals surface area (Å²) in [6, 6.07) is 6.87. The number of nitrogens with one attached hydrogen (secondary N) is 1. The van der Waals surface area contributed by atoms with Gasteiger partial charge in [-0.1, -0.05) is 28.9 Å². The molecule has 2 rings (SSSR count). The van der Waals surface area contributed by atoms with Crippen molar-refractivity contribution < 1.29 is 4.39 Å². The van der Waals surface area contributed by atoms with E-state index in [2.05, 4.69) is 33.3 Å². The van der Waals surface area contributed by atoms with Crippen LogP contribution in [0.5, 0.6) is 0 Å². The van der Waals surface area contributed by atoms with Crippen molar-refractivity contribution in [2.75, 3.05) is 7.05 Å². The fourth-order valence-electron chi connectivity index (χ4n) is 2.19. The summed E-state index contributed by atoms with van der Waals surface area (Å²) in [5.74, 6) is -0.224. The monoisotopic (exact) mass is 325 g/mol. The number of aromatic nitrogens is 2. The summed E-state index contributed by atoms with van der Waals surface area (Å²) in [7, 11) is 1.83. The normalized spacial score (nSPS) is 12.6. The van der Waals surface area contributed by atoms with Gasteiger partial charge in [0.25, 0.3) is 0 Å². The molecule has 3 nitrogen and oxygen atoms in total. The van der Waals surface area contributed by atoms with Crippen LogP contribution in [0.3, 0.4) is 0 Å². The molecule has 1 aromatic heterocycles. The Balaban J connectivity index is 2.41. The van der Waals surface area contributed by atoms with Crippen LogP contribution in [0.15, 0.2) is 34.9 Å². The molecule has 5 heteroatoms. The Kier molecular flexibility index (Phi) is 4.71. The van der Waals surface area contributed by atoms with Crippen molar-refractivity contribution in [2.24, 2.45) is 0 Å². The van der Waals surface area contributed by atoms with E-state index in [1.165, 1.54) is 6.07 Å². The molecule has 0 fully saturated rings. The number of hydrogen-bond donors (Lipinski definition) is 1. The van der Waals surface area contributed by atoms with Gasteiger partial charge < -0.3 is 5.32 Å². The molecule has 0 amide bonds. The lowest BCUT2D eigenvalue weighted by molar-refractivity contribution is 0.516. The number of benzene rings is 1. The topological polar surface area (TPSA) is 29.9 Å². The van der Waals surface area contributed by atoms with E-state index in [1.807, 2.05) is 23.9 Å². The van der Waals surface area contributed by atoms with Gasteiger partial charge in [-0.15, -0.1) is 0 Å². The number of rotatable bonds is 5. The zero-order valence-corrected chi connectivity index (χ0v) is 12.6. The Bertz CT molecular complexity index is 553. The summed E-state index contributed by atoms with van der Waals surface area (Å²) in [6.45, 7) is 2.93. The first-order chi connectivity index (χ1) is 9.17. The minimum Gasteiger partial charge on any atom is -0.308 e. The fourth-order valence-corrected chi connectivity index (χ4v) is 2.52. The molecule has 0 aliphatic heterocycles. The van der Waals surface area contributed by atoms with Crippen LogP contribution in [0.2, 0.25) is 0 Å². The van der Waals surface area contributed by atoms with Crippen molar-refractivity contribution in [1.82, 2.24) is 15.1 Å². The lowest BCUT2D eigenvalue weighted by atomic mass is 10.0. The molecule has 0 saturated carbocycles. The van der Waals surface area contributed by atoms with Gasteiger partial charge in [0, 0.05) is 22.8 Å². The molecular weight excluding hydrogens is 309 g/mol. The van der Waals surface area contributed by atoms with Crippen LogP contribution in [0, 0.1) is 5.82 Å². The second-order valence-corrected chi connectivity index (χ2v) is 5.28. The first kappa shape index (κ1) is 14.2. The highest BCUT2D eigenvalue weighted by Crippen LogP contribution is 2.26. The highest BCUT2D eigenvalue weighted by Gasteiger charge is 2.19. The van der Waals surface area contributed by atoms with Gasteiger partial charge in [0.15, 0.2) is 0 Å². The average Bonchev–Trinajstić information content (AvgIpc) is 2.82. The summed E-state index contributed by atoms with van der Waals surface area (Å²) < 4.78 is 16.8. The van der Waals surface area contributed by atoms with Gasteiger partial charge in [-0.3, -0.25) is 4.68 Å². The maximum atomic E-state index is 14.1. The van der Waals surface area contributed by atoms with Crippen LogP contribution in [0.25, 0.3) is 0 Å². The van der Waals surface area contributed by atoms with Crippen LogP contribution in [0.1, 0.15) is 30.6 Å². The van der Waals surface area contributed by atoms with Crippen molar-refractivity contribution in [2.45, 2.75) is 25.9 Å². The maximum absolute atomic E-state index is 14.1. The van der Waals surface area contributed by atoms with Gasteiger partial charge in [0.05, 0.1) is 11.7 Å². The quantitative estimate of drug-likeness (QED) is 0.911. The molecule has 0 aliphatic rings. The number of nitrogens with zero attached hydrogens (tertiary/aromatic N) is 2. The molecule has 0 spiro atoms. The minimum absolute atomic E-state index is 0.192. The van der Waals surface area contributed by atoms with E-state index in [0.717, 1.165) is 23.1 Å². The summed E-state index contributed by atoms with van der Waals surface area (Å²) in [5, 5.41) is 7.46. The molecule has 0 saturated heterocycles. The molecular formula is C14H17BrFN3. The van der Waals surface area contributed by atoms with Gasteiger partial charge in [-0.05, 0) is 31.7 Å². The Morgan fingerprint density at radius 3 is 2.84 bits per heavy atom. The predicted octanol–water partition coefficient (Wildman–Crippen LogP) is 3.50. The molecule has 1 atom stereocenters. The molecule has 0 bridgehead atoms. The van der Waals surface area contributed by atoms with E-state index in [4.69, 9.17) is 0 Å². The number of halogens is 2. The third-order valence-electron chi connectivity index (χ3n) is 3.04. The molecule has 1 heterocycles. The molecule has 0 aliphatic carbocycles. The van der Waals surface area contributed by atoms with Crippen LogP contribution in [0.4, 0.5) is 4.39 Å². The lowest BCUT2D eigenvalue weighted by Crippen LogP contribution is -2.22. The Morgan fingerprint density at radius 1 is 1.42 bits per heavy atom. The first-order valence-electron chi connectivity index (χ1n) is 6.31. The predicted molar refractivity (Wildman–Crippen MR) is 77.5 cm³/mol. The second kappa shape index (κ2) is 6.30. The number of aryl methyl sites for hydroxylation is 1. The summed E-state index contributed by atoms with van der Waals surface area (Å²) in [4.78, 5) is 0. The Hall–Kier alpha value is -1.20. The van der Waals surface area contributed by atoms with Crippen molar-refractivity contribution in [1.29, 1.82) is 0 Å². The highest BCUT2D eigenvalue weighted by atomic mass is 79.9. The minimum atomic E-state index is -0.224. The van der Waals surface area contributed by atoms with Crippen LogP contribution in [-0.2, 0) is 6.54 Å². The van der Waals surface area contributed by atoms with Crippen LogP contribution < -0.4 is 5.32 Å². The van der Waals surface area contributed by atoms with Gasteiger partial charge in [-0.2, -0.15) is 5.10 Å². The van der Waals surface area contributed by atoms with Gasteiger partial charge in [0.2, 0.25) is 0 Å². The molecule has 1 unspecified atom stereocenters. The van der Waals surface area contributed by atoms with E-state index in [0.29, 0.717) is 5.56 Å². The molecule has 0 radical (unpaired) electrons. The second-order valence-electron chi connectivity index (χ2n) is 4.37. The van der Waals surface area contributed by atoms with E-state index in [9.17, 15) is 4.39 Å². The Morgan fingerprint density at radius 2 is 2.21 bits per heavy atom. The third kappa shape index (κ3) is 3.04. The third-order valence-corrected chi connectivity index (χ3v) is 3.54. The number of hydrogen-bond acceptors (Lipinski definition) is 2. The van der Waals surface area contributed by atoms with Crippen molar-refractivity contribution in [3.05, 3.63) is 52.0 Å². The van der Waals surface area contributed by atoms with E-state index in [-0.39, 0.29) is 11.9 Å². The maximum Gasteiger partial charge on any atom is 0.129 e. The van der Waals surface area contributed by atoms with Crippen LogP contribution in [-0.4, -0.2) is 16.8 Å². The average molecular weight is 326 g/mol. The zero-order valence-electron chi connectivity index (χ0n) is 11.0. The summed E-state index contributed by atoms with van der Waals surface area (Å²) >= 11 is 3.28. The molecule has 19 heavy (non-hydrogen) atoms. The Labute approximate surface area is 121 Å². The SMILES string of the molecule is CCCn1nccc1C(NC)c1ccc(Br)cc1F. The van der Waals surface area contributed by atoms with Crippen LogP contribution >= 0.6 is 15.9 Å². The van der Waals surface area contributed by atoms with Gasteiger partial charge in [0.1, 0.15) is 5.82 Å². The fraction of sp³-hybridized carbons (Fsp3) is 0.357. The highest BCUT2D eigenvalue weighted by molar-refractivity contribution is 9.10. The molecule has 2 aromatic rings. The largest absolute Gasteiger partial charge is 0.308 e. The van der Waals surface area contributed by atoms with Crippen molar-refractivity contribution in [3.8, 4) is 0 Å². The smallest absolute Gasteiger partial charge is 0.129 e. The van der Waals surface area contributed by atoms with Gasteiger partial charge in [-0.25, -0.2) is 4.39 Å².